The Morgan fingerprint density at radius 2 is 2.05 bits per heavy atom. The molecule has 0 N–H and O–H groups in total. The highest BCUT2D eigenvalue weighted by Gasteiger charge is 2.31. The van der Waals surface area contributed by atoms with E-state index in [2.05, 4.69) is 0 Å². The Labute approximate surface area is 134 Å². The van der Waals surface area contributed by atoms with Crippen LogP contribution < -0.4 is 0 Å². The van der Waals surface area contributed by atoms with E-state index in [4.69, 9.17) is 4.74 Å². The summed E-state index contributed by atoms with van der Waals surface area (Å²) in [6.07, 6.45) is 2.26. The van der Waals surface area contributed by atoms with Gasteiger partial charge in [0.25, 0.3) is 0 Å². The predicted molar refractivity (Wildman–Crippen MR) is 84.7 cm³/mol. The zero-order valence-corrected chi connectivity index (χ0v) is 13.5. The zero-order valence-electron chi connectivity index (χ0n) is 12.7. The molecule has 3 heterocycles. The molecule has 2 saturated heterocycles. The van der Waals surface area contributed by atoms with Gasteiger partial charge in [-0.05, 0) is 24.3 Å². The summed E-state index contributed by atoms with van der Waals surface area (Å²) < 4.78 is 5.30. The number of ether oxygens (including phenoxy) is 1. The van der Waals surface area contributed by atoms with Gasteiger partial charge in [0.1, 0.15) is 0 Å². The van der Waals surface area contributed by atoms with Gasteiger partial charge in [0, 0.05) is 31.1 Å². The number of carbonyl (C=O) groups is 2. The van der Waals surface area contributed by atoms with E-state index in [9.17, 15) is 9.59 Å². The molecular formula is C16H22N2O3S. The highest BCUT2D eigenvalue weighted by molar-refractivity contribution is 7.10. The van der Waals surface area contributed by atoms with Crippen LogP contribution in [-0.4, -0.2) is 61.0 Å². The van der Waals surface area contributed by atoms with Crippen LogP contribution >= 0.6 is 11.3 Å². The summed E-state index contributed by atoms with van der Waals surface area (Å²) in [5, 5.41) is 1.99. The summed E-state index contributed by atoms with van der Waals surface area (Å²) in [5.41, 5.74) is 0. The average molecular weight is 322 g/mol. The van der Waals surface area contributed by atoms with E-state index in [1.165, 1.54) is 0 Å². The van der Waals surface area contributed by atoms with Crippen LogP contribution in [0.15, 0.2) is 17.5 Å². The largest absolute Gasteiger partial charge is 0.378 e. The van der Waals surface area contributed by atoms with Gasteiger partial charge in [-0.25, -0.2) is 0 Å². The molecule has 2 fully saturated rings. The van der Waals surface area contributed by atoms with Crippen molar-refractivity contribution in [1.29, 1.82) is 0 Å². The highest BCUT2D eigenvalue weighted by atomic mass is 32.1. The van der Waals surface area contributed by atoms with E-state index in [1.54, 1.807) is 11.3 Å². The number of amides is 2. The Hall–Kier alpha value is -1.40. The van der Waals surface area contributed by atoms with E-state index >= 15 is 0 Å². The molecule has 0 aliphatic carbocycles. The summed E-state index contributed by atoms with van der Waals surface area (Å²) in [5.74, 6) is 0.290. The lowest BCUT2D eigenvalue weighted by molar-refractivity contribution is -0.143. The first kappa shape index (κ1) is 15.5. The number of likely N-dealkylation sites (tertiary alicyclic amines) is 1. The van der Waals surface area contributed by atoms with Gasteiger partial charge in [-0.1, -0.05) is 6.07 Å². The summed E-state index contributed by atoms with van der Waals surface area (Å²) in [6.45, 7) is 3.95. The van der Waals surface area contributed by atoms with Crippen molar-refractivity contribution in [3.8, 4) is 0 Å². The van der Waals surface area contributed by atoms with Crippen LogP contribution in [0.1, 0.15) is 17.7 Å². The molecule has 120 valence electrons. The molecule has 6 heteroatoms. The SMILES string of the molecule is O=C(Cc1cccs1)N1CCCC(C(=O)N2CCOCC2)C1. The summed E-state index contributed by atoms with van der Waals surface area (Å²) in [6, 6.07) is 3.96. The second-order valence-electron chi connectivity index (χ2n) is 5.87. The van der Waals surface area contributed by atoms with Gasteiger partial charge >= 0.3 is 0 Å². The quantitative estimate of drug-likeness (QED) is 0.845. The predicted octanol–water partition coefficient (Wildman–Crippen LogP) is 1.39. The lowest BCUT2D eigenvalue weighted by atomic mass is 9.96. The summed E-state index contributed by atoms with van der Waals surface area (Å²) >= 11 is 1.61. The molecule has 0 aromatic carbocycles. The molecule has 1 aromatic rings. The van der Waals surface area contributed by atoms with Crippen molar-refractivity contribution in [2.45, 2.75) is 19.3 Å². The number of morpholine rings is 1. The molecule has 0 spiro atoms. The minimum absolute atomic E-state index is 0.0425. The average Bonchev–Trinajstić information content (AvgIpc) is 3.08. The Morgan fingerprint density at radius 1 is 1.23 bits per heavy atom. The van der Waals surface area contributed by atoms with Crippen LogP contribution in [0.5, 0.6) is 0 Å². The molecular weight excluding hydrogens is 300 g/mol. The smallest absolute Gasteiger partial charge is 0.227 e. The molecule has 5 nitrogen and oxygen atoms in total. The first-order valence-electron chi connectivity index (χ1n) is 7.91. The molecule has 2 aliphatic rings. The van der Waals surface area contributed by atoms with Crippen molar-refractivity contribution in [2.24, 2.45) is 5.92 Å². The van der Waals surface area contributed by atoms with Gasteiger partial charge in [-0.2, -0.15) is 0 Å². The normalized spacial score (nSPS) is 22.6. The number of carbonyl (C=O) groups excluding carboxylic acids is 2. The maximum Gasteiger partial charge on any atom is 0.227 e. The first-order chi connectivity index (χ1) is 10.7. The fourth-order valence-corrected chi connectivity index (χ4v) is 3.82. The monoisotopic (exact) mass is 322 g/mol. The maximum atomic E-state index is 12.6. The van der Waals surface area contributed by atoms with E-state index in [0.29, 0.717) is 39.3 Å². The Morgan fingerprint density at radius 3 is 2.77 bits per heavy atom. The van der Waals surface area contributed by atoms with Gasteiger partial charge in [0.15, 0.2) is 0 Å². The minimum Gasteiger partial charge on any atom is -0.378 e. The second kappa shape index (κ2) is 7.24. The molecule has 0 radical (unpaired) electrons. The fourth-order valence-electron chi connectivity index (χ4n) is 3.12. The third-order valence-electron chi connectivity index (χ3n) is 4.35. The molecule has 22 heavy (non-hydrogen) atoms. The Bertz CT molecular complexity index is 511. The molecule has 1 unspecified atom stereocenters. The lowest BCUT2D eigenvalue weighted by Gasteiger charge is -2.36. The van der Waals surface area contributed by atoms with E-state index < -0.39 is 0 Å². The first-order valence-corrected chi connectivity index (χ1v) is 8.78. The van der Waals surface area contributed by atoms with Crippen molar-refractivity contribution >= 4 is 23.2 Å². The van der Waals surface area contributed by atoms with Crippen LogP contribution in [-0.2, 0) is 20.7 Å². The molecule has 2 aliphatic heterocycles. The molecule has 0 bridgehead atoms. The molecule has 0 saturated carbocycles. The van der Waals surface area contributed by atoms with E-state index in [1.807, 2.05) is 27.3 Å². The van der Waals surface area contributed by atoms with Crippen molar-refractivity contribution in [1.82, 2.24) is 9.80 Å². The highest BCUT2D eigenvalue weighted by Crippen LogP contribution is 2.21. The number of thiophene rings is 1. The second-order valence-corrected chi connectivity index (χ2v) is 6.90. The van der Waals surface area contributed by atoms with Gasteiger partial charge in [-0.15, -0.1) is 11.3 Å². The minimum atomic E-state index is -0.0425. The Kier molecular flexibility index (Phi) is 5.10. The standard InChI is InChI=1S/C16H22N2O3S/c19-15(11-14-4-2-10-22-14)18-5-1-3-13(12-18)16(20)17-6-8-21-9-7-17/h2,4,10,13H,1,3,5-9,11-12H2. The third-order valence-corrected chi connectivity index (χ3v) is 5.23. The number of hydrogen-bond donors (Lipinski definition) is 0. The van der Waals surface area contributed by atoms with Gasteiger partial charge in [0.05, 0.1) is 25.6 Å². The number of piperidine rings is 1. The van der Waals surface area contributed by atoms with Crippen molar-refractivity contribution in [3.63, 3.8) is 0 Å². The zero-order chi connectivity index (χ0) is 15.4. The van der Waals surface area contributed by atoms with Gasteiger partial charge in [0.2, 0.25) is 11.8 Å². The van der Waals surface area contributed by atoms with Gasteiger partial charge in [-0.3, -0.25) is 9.59 Å². The maximum absolute atomic E-state index is 12.6. The van der Waals surface area contributed by atoms with Crippen LogP contribution in [0.3, 0.4) is 0 Å². The Balaban J connectivity index is 1.56. The van der Waals surface area contributed by atoms with Crippen LogP contribution in [0.2, 0.25) is 0 Å². The van der Waals surface area contributed by atoms with Crippen LogP contribution in [0.4, 0.5) is 0 Å². The van der Waals surface area contributed by atoms with Gasteiger partial charge < -0.3 is 14.5 Å². The van der Waals surface area contributed by atoms with Crippen molar-refractivity contribution < 1.29 is 14.3 Å². The molecule has 3 rings (SSSR count). The fraction of sp³-hybridized carbons (Fsp3) is 0.625. The van der Waals surface area contributed by atoms with E-state index in [-0.39, 0.29) is 17.7 Å². The van der Waals surface area contributed by atoms with Crippen LogP contribution in [0.25, 0.3) is 0 Å². The topological polar surface area (TPSA) is 49.9 Å². The van der Waals surface area contributed by atoms with E-state index in [0.717, 1.165) is 24.3 Å². The number of hydrogen-bond acceptors (Lipinski definition) is 4. The lowest BCUT2D eigenvalue weighted by Crippen LogP contribution is -2.49. The van der Waals surface area contributed by atoms with Crippen molar-refractivity contribution in [3.05, 3.63) is 22.4 Å². The molecule has 2 amide bonds. The summed E-state index contributed by atoms with van der Waals surface area (Å²) in [4.78, 5) is 29.8. The number of nitrogens with zero attached hydrogens (tertiary/aromatic N) is 2. The molecule has 1 atom stereocenters. The van der Waals surface area contributed by atoms with Crippen LogP contribution in [0, 0.1) is 5.92 Å². The summed E-state index contributed by atoms with van der Waals surface area (Å²) in [7, 11) is 0. The third kappa shape index (κ3) is 3.67. The van der Waals surface area contributed by atoms with Crippen molar-refractivity contribution in [2.75, 3.05) is 39.4 Å². The number of rotatable bonds is 3. The molecule has 1 aromatic heterocycles.